The maximum Gasteiger partial charge on any atom is 0.315 e. The molecule has 0 saturated carbocycles. The van der Waals surface area contributed by atoms with E-state index in [1.807, 2.05) is 56.6 Å². The molecule has 24 heavy (non-hydrogen) atoms. The monoisotopic (exact) mass is 319 g/mol. The van der Waals surface area contributed by atoms with Crippen LogP contribution in [0.5, 0.6) is 0 Å². The Hall–Kier alpha value is -2.81. The van der Waals surface area contributed by atoms with Gasteiger partial charge < -0.3 is 10.0 Å². The number of fused-ring (bicyclic) bond motifs is 1. The second kappa shape index (κ2) is 6.75. The molecule has 1 aliphatic carbocycles. The van der Waals surface area contributed by atoms with Gasteiger partial charge in [-0.15, -0.1) is 0 Å². The van der Waals surface area contributed by atoms with E-state index < -0.39 is 11.9 Å². The lowest BCUT2D eigenvalue weighted by Crippen LogP contribution is -2.10. The SMILES string of the molecule is CN(C)c1ccc(C=CC=C2Cc3ccccc3C2C(=O)O)cc1. The summed E-state index contributed by atoms with van der Waals surface area (Å²) in [5.41, 5.74) is 5.22. The molecule has 0 spiro atoms. The van der Waals surface area contributed by atoms with Crippen molar-refractivity contribution in [3.8, 4) is 0 Å². The van der Waals surface area contributed by atoms with Gasteiger partial charge in [-0.25, -0.2) is 0 Å². The van der Waals surface area contributed by atoms with E-state index in [1.54, 1.807) is 0 Å². The third-order valence-corrected chi connectivity index (χ3v) is 4.39. The van der Waals surface area contributed by atoms with E-state index in [0.29, 0.717) is 6.42 Å². The normalized spacial score (nSPS) is 18.1. The minimum Gasteiger partial charge on any atom is -0.481 e. The number of allylic oxidation sites excluding steroid dienone is 2. The van der Waals surface area contributed by atoms with Crippen LogP contribution in [0, 0.1) is 0 Å². The molecule has 1 atom stereocenters. The maximum absolute atomic E-state index is 11.6. The number of benzene rings is 2. The fourth-order valence-electron chi connectivity index (χ4n) is 3.11. The first-order chi connectivity index (χ1) is 11.6. The van der Waals surface area contributed by atoms with Crippen molar-refractivity contribution in [1.82, 2.24) is 0 Å². The molecule has 1 unspecified atom stereocenters. The van der Waals surface area contributed by atoms with Crippen LogP contribution in [-0.2, 0) is 11.2 Å². The summed E-state index contributed by atoms with van der Waals surface area (Å²) in [7, 11) is 4.03. The summed E-state index contributed by atoms with van der Waals surface area (Å²) < 4.78 is 0. The van der Waals surface area contributed by atoms with Crippen molar-refractivity contribution in [3.05, 3.63) is 82.9 Å². The van der Waals surface area contributed by atoms with Gasteiger partial charge in [0.25, 0.3) is 0 Å². The Morgan fingerprint density at radius 3 is 2.50 bits per heavy atom. The average molecular weight is 319 g/mol. The molecule has 3 rings (SSSR count). The predicted octanol–water partition coefficient (Wildman–Crippen LogP) is 4.12. The number of carboxylic acid groups (broad SMARTS) is 1. The summed E-state index contributed by atoms with van der Waals surface area (Å²) in [6.45, 7) is 0. The standard InChI is InChI=1S/C21H21NO2/c1-22(2)18-12-10-15(11-13-18)6-5-8-17-14-16-7-3-4-9-19(16)20(17)21(23)24/h3-13,20H,14H2,1-2H3,(H,23,24). The number of carbonyl (C=O) groups is 1. The Labute approximate surface area is 142 Å². The summed E-state index contributed by atoms with van der Waals surface area (Å²) in [5, 5.41) is 9.56. The quantitative estimate of drug-likeness (QED) is 0.921. The van der Waals surface area contributed by atoms with Crippen molar-refractivity contribution < 1.29 is 9.90 Å². The number of hydrogen-bond donors (Lipinski definition) is 1. The number of hydrogen-bond acceptors (Lipinski definition) is 2. The topological polar surface area (TPSA) is 40.5 Å². The van der Waals surface area contributed by atoms with Crippen molar-refractivity contribution in [2.24, 2.45) is 0 Å². The van der Waals surface area contributed by atoms with Gasteiger partial charge in [-0.1, -0.05) is 54.6 Å². The summed E-state index contributed by atoms with van der Waals surface area (Å²) in [6.07, 6.45) is 6.60. The molecule has 122 valence electrons. The Morgan fingerprint density at radius 1 is 1.12 bits per heavy atom. The Balaban J connectivity index is 1.80. The number of carboxylic acids is 1. The molecule has 0 aliphatic heterocycles. The first-order valence-electron chi connectivity index (χ1n) is 8.01. The van der Waals surface area contributed by atoms with Crippen molar-refractivity contribution >= 4 is 17.7 Å². The zero-order valence-corrected chi connectivity index (χ0v) is 13.9. The smallest absolute Gasteiger partial charge is 0.315 e. The maximum atomic E-state index is 11.6. The van der Waals surface area contributed by atoms with E-state index in [4.69, 9.17) is 0 Å². The van der Waals surface area contributed by atoms with Crippen molar-refractivity contribution in [3.63, 3.8) is 0 Å². The summed E-state index contributed by atoms with van der Waals surface area (Å²) in [4.78, 5) is 13.7. The second-order valence-electron chi connectivity index (χ2n) is 6.23. The van der Waals surface area contributed by atoms with Gasteiger partial charge in [-0.05, 0) is 40.8 Å². The van der Waals surface area contributed by atoms with Crippen LogP contribution in [0.4, 0.5) is 5.69 Å². The van der Waals surface area contributed by atoms with Crippen LogP contribution in [0.15, 0.2) is 66.3 Å². The van der Waals surface area contributed by atoms with Gasteiger partial charge in [0.05, 0.1) is 0 Å². The van der Waals surface area contributed by atoms with E-state index in [-0.39, 0.29) is 0 Å². The lowest BCUT2D eigenvalue weighted by atomic mass is 9.97. The first-order valence-corrected chi connectivity index (χ1v) is 8.01. The minimum absolute atomic E-state index is 0.526. The molecule has 0 heterocycles. The van der Waals surface area contributed by atoms with Crippen molar-refractivity contribution in [2.75, 3.05) is 19.0 Å². The van der Waals surface area contributed by atoms with Crippen molar-refractivity contribution in [1.29, 1.82) is 0 Å². The molecular formula is C21H21NO2. The van der Waals surface area contributed by atoms with Crippen LogP contribution in [0.25, 0.3) is 6.08 Å². The lowest BCUT2D eigenvalue weighted by molar-refractivity contribution is -0.137. The zero-order chi connectivity index (χ0) is 17.1. The number of anilines is 1. The molecule has 0 saturated heterocycles. The molecule has 0 radical (unpaired) electrons. The molecule has 2 aromatic carbocycles. The van der Waals surface area contributed by atoms with Gasteiger partial charge in [-0.2, -0.15) is 0 Å². The molecule has 0 aromatic heterocycles. The Kier molecular flexibility index (Phi) is 4.52. The van der Waals surface area contributed by atoms with Gasteiger partial charge in [-0.3, -0.25) is 4.79 Å². The van der Waals surface area contributed by atoms with E-state index >= 15 is 0 Å². The van der Waals surface area contributed by atoms with Crippen LogP contribution < -0.4 is 4.90 Å². The third kappa shape index (κ3) is 3.25. The second-order valence-corrected chi connectivity index (χ2v) is 6.23. The van der Waals surface area contributed by atoms with Crippen molar-refractivity contribution in [2.45, 2.75) is 12.3 Å². The average Bonchev–Trinajstić information content (AvgIpc) is 2.93. The van der Waals surface area contributed by atoms with Gasteiger partial charge in [0.2, 0.25) is 0 Å². The summed E-state index contributed by atoms with van der Waals surface area (Å²) in [5.74, 6) is -1.31. The Morgan fingerprint density at radius 2 is 1.83 bits per heavy atom. The molecule has 2 aromatic rings. The summed E-state index contributed by atoms with van der Waals surface area (Å²) in [6, 6.07) is 16.0. The molecule has 1 N–H and O–H groups in total. The first kappa shape index (κ1) is 16.1. The highest BCUT2D eigenvalue weighted by molar-refractivity contribution is 5.83. The highest BCUT2D eigenvalue weighted by Crippen LogP contribution is 2.37. The molecule has 3 nitrogen and oxygen atoms in total. The molecular weight excluding hydrogens is 298 g/mol. The van der Waals surface area contributed by atoms with E-state index in [1.165, 1.54) is 0 Å². The van der Waals surface area contributed by atoms with Gasteiger partial charge in [0.1, 0.15) is 5.92 Å². The van der Waals surface area contributed by atoms with Crippen LogP contribution in [-0.4, -0.2) is 25.2 Å². The molecule has 0 bridgehead atoms. The van der Waals surface area contributed by atoms with Gasteiger partial charge >= 0.3 is 5.97 Å². The van der Waals surface area contributed by atoms with E-state index in [9.17, 15) is 9.90 Å². The molecule has 0 fully saturated rings. The summed E-state index contributed by atoms with van der Waals surface area (Å²) >= 11 is 0. The van der Waals surface area contributed by atoms with E-state index in [2.05, 4.69) is 29.2 Å². The fraction of sp³-hybridized carbons (Fsp3) is 0.190. The lowest BCUT2D eigenvalue weighted by Gasteiger charge is -2.11. The predicted molar refractivity (Wildman–Crippen MR) is 98.4 cm³/mol. The Bertz CT molecular complexity index is 801. The highest BCUT2D eigenvalue weighted by atomic mass is 16.4. The molecule has 1 aliphatic rings. The van der Waals surface area contributed by atoms with Crippen LogP contribution in [0.1, 0.15) is 22.6 Å². The fourth-order valence-corrected chi connectivity index (χ4v) is 3.11. The van der Waals surface area contributed by atoms with E-state index in [0.717, 1.165) is 28.0 Å². The van der Waals surface area contributed by atoms with Gasteiger partial charge in [0, 0.05) is 19.8 Å². The van der Waals surface area contributed by atoms with Crippen LogP contribution >= 0.6 is 0 Å². The highest BCUT2D eigenvalue weighted by Gasteiger charge is 2.31. The molecule has 0 amide bonds. The van der Waals surface area contributed by atoms with Crippen LogP contribution in [0.2, 0.25) is 0 Å². The minimum atomic E-state index is -0.782. The zero-order valence-electron chi connectivity index (χ0n) is 13.9. The molecule has 3 heteroatoms. The van der Waals surface area contributed by atoms with Crippen LogP contribution in [0.3, 0.4) is 0 Å². The number of nitrogens with zero attached hydrogens (tertiary/aromatic N) is 1. The van der Waals surface area contributed by atoms with Gasteiger partial charge in [0.15, 0.2) is 0 Å². The largest absolute Gasteiger partial charge is 0.481 e. The number of aliphatic carboxylic acids is 1. The third-order valence-electron chi connectivity index (χ3n) is 4.39. The number of rotatable bonds is 4.